The Morgan fingerprint density at radius 2 is 2.13 bits per heavy atom. The van der Waals surface area contributed by atoms with E-state index in [1.165, 1.54) is 12.0 Å². The molecule has 1 heterocycles. The fourth-order valence-electron chi connectivity index (χ4n) is 2.68. The van der Waals surface area contributed by atoms with Crippen molar-refractivity contribution in [2.24, 2.45) is 0 Å². The normalized spacial score (nSPS) is 17.1. The fourth-order valence-corrected chi connectivity index (χ4v) is 2.68. The number of carboxylic acids is 1. The molecule has 0 unspecified atom stereocenters. The highest BCUT2D eigenvalue weighted by Gasteiger charge is 2.34. The number of aliphatic carboxylic acids is 1. The topological polar surface area (TPSA) is 76.1 Å². The zero-order valence-electron chi connectivity index (χ0n) is 13.6. The van der Waals surface area contributed by atoms with Gasteiger partial charge in [0.1, 0.15) is 6.04 Å². The Morgan fingerprint density at radius 1 is 1.35 bits per heavy atom. The highest BCUT2D eigenvalue weighted by Crippen LogP contribution is 2.30. The molecule has 1 aromatic carbocycles. The second kappa shape index (κ2) is 7.85. The van der Waals surface area contributed by atoms with E-state index in [0.717, 1.165) is 12.8 Å². The summed E-state index contributed by atoms with van der Waals surface area (Å²) in [5, 5.41) is 9.21. The molecule has 0 spiro atoms. The Labute approximate surface area is 136 Å². The first kappa shape index (κ1) is 17.1. The van der Waals surface area contributed by atoms with Crippen LogP contribution in [0.15, 0.2) is 18.2 Å². The first-order chi connectivity index (χ1) is 11.1. The maximum atomic E-state index is 12.6. The molecule has 0 bridgehead atoms. The minimum absolute atomic E-state index is 0.284. The van der Waals surface area contributed by atoms with E-state index in [2.05, 4.69) is 6.92 Å². The average molecular weight is 321 g/mol. The molecule has 0 saturated carbocycles. The SMILES string of the molecule is CCCCOc1ccc(C(=O)N2CCC[C@@H]2C(=O)O)cc1OC. The Kier molecular flexibility index (Phi) is 5.84. The number of carbonyl (C=O) groups excluding carboxylic acids is 1. The Hall–Kier alpha value is -2.24. The molecule has 0 aromatic heterocycles. The minimum atomic E-state index is -0.956. The molecule has 6 heteroatoms. The van der Waals surface area contributed by atoms with Gasteiger partial charge in [-0.05, 0) is 37.5 Å². The smallest absolute Gasteiger partial charge is 0.326 e. The summed E-state index contributed by atoms with van der Waals surface area (Å²) in [6.45, 7) is 3.14. The lowest BCUT2D eigenvalue weighted by Crippen LogP contribution is -2.40. The summed E-state index contributed by atoms with van der Waals surface area (Å²) in [6.07, 6.45) is 3.18. The lowest BCUT2D eigenvalue weighted by Gasteiger charge is -2.22. The van der Waals surface area contributed by atoms with Crippen LogP contribution >= 0.6 is 0 Å². The van der Waals surface area contributed by atoms with E-state index in [0.29, 0.717) is 43.1 Å². The van der Waals surface area contributed by atoms with E-state index in [1.54, 1.807) is 18.2 Å². The van der Waals surface area contributed by atoms with Crippen molar-refractivity contribution in [2.45, 2.75) is 38.6 Å². The second-order valence-electron chi connectivity index (χ2n) is 5.56. The minimum Gasteiger partial charge on any atom is -0.493 e. The van der Waals surface area contributed by atoms with Crippen molar-refractivity contribution in [1.82, 2.24) is 4.90 Å². The van der Waals surface area contributed by atoms with Gasteiger partial charge in [-0.25, -0.2) is 4.79 Å². The van der Waals surface area contributed by atoms with Crippen molar-refractivity contribution in [3.63, 3.8) is 0 Å². The summed E-state index contributed by atoms with van der Waals surface area (Å²) in [4.78, 5) is 25.2. The maximum Gasteiger partial charge on any atom is 0.326 e. The van der Waals surface area contributed by atoms with Crippen molar-refractivity contribution >= 4 is 11.9 Å². The molecule has 1 saturated heterocycles. The van der Waals surface area contributed by atoms with E-state index in [9.17, 15) is 14.7 Å². The molecule has 1 fully saturated rings. The average Bonchev–Trinajstić information content (AvgIpc) is 3.04. The van der Waals surface area contributed by atoms with Crippen molar-refractivity contribution in [3.05, 3.63) is 23.8 Å². The quantitative estimate of drug-likeness (QED) is 0.781. The lowest BCUT2D eigenvalue weighted by atomic mass is 10.1. The number of unbranched alkanes of at least 4 members (excludes halogenated alkanes) is 1. The van der Waals surface area contributed by atoms with Gasteiger partial charge in [-0.15, -0.1) is 0 Å². The van der Waals surface area contributed by atoms with Crippen LogP contribution in [0.2, 0.25) is 0 Å². The van der Waals surface area contributed by atoms with Crippen molar-refractivity contribution < 1.29 is 24.2 Å². The fraction of sp³-hybridized carbons (Fsp3) is 0.529. The van der Waals surface area contributed by atoms with E-state index >= 15 is 0 Å². The van der Waals surface area contributed by atoms with Crippen LogP contribution in [0, 0.1) is 0 Å². The van der Waals surface area contributed by atoms with Crippen molar-refractivity contribution in [1.29, 1.82) is 0 Å². The van der Waals surface area contributed by atoms with Gasteiger partial charge in [-0.1, -0.05) is 13.3 Å². The Morgan fingerprint density at radius 3 is 2.78 bits per heavy atom. The van der Waals surface area contributed by atoms with Crippen LogP contribution in [-0.4, -0.2) is 48.2 Å². The Balaban J connectivity index is 2.16. The number of carboxylic acid groups (broad SMARTS) is 1. The van der Waals surface area contributed by atoms with Crippen LogP contribution < -0.4 is 9.47 Å². The van der Waals surface area contributed by atoms with Crippen molar-refractivity contribution in [2.75, 3.05) is 20.3 Å². The number of methoxy groups -OCH3 is 1. The van der Waals surface area contributed by atoms with Gasteiger partial charge in [-0.3, -0.25) is 4.79 Å². The molecule has 0 radical (unpaired) electrons. The first-order valence-corrected chi connectivity index (χ1v) is 7.93. The van der Waals surface area contributed by atoms with Gasteiger partial charge in [-0.2, -0.15) is 0 Å². The van der Waals surface area contributed by atoms with Gasteiger partial charge >= 0.3 is 5.97 Å². The number of amides is 1. The molecule has 1 N–H and O–H groups in total. The number of ether oxygens (including phenoxy) is 2. The number of likely N-dealkylation sites (tertiary alicyclic amines) is 1. The summed E-state index contributed by atoms with van der Waals surface area (Å²) in [7, 11) is 1.52. The molecule has 0 aliphatic carbocycles. The standard InChI is InChI=1S/C17H23NO5/c1-3-4-10-23-14-8-7-12(11-15(14)22-2)16(19)18-9-5-6-13(18)17(20)21/h7-8,11,13H,3-6,9-10H2,1-2H3,(H,20,21)/t13-/m1/s1. The Bertz CT molecular complexity index is 572. The van der Waals surface area contributed by atoms with E-state index < -0.39 is 12.0 Å². The van der Waals surface area contributed by atoms with Crippen LogP contribution in [0.4, 0.5) is 0 Å². The molecule has 1 atom stereocenters. The van der Waals surface area contributed by atoms with E-state index in [-0.39, 0.29) is 5.91 Å². The highest BCUT2D eigenvalue weighted by molar-refractivity contribution is 5.97. The van der Waals surface area contributed by atoms with Gasteiger partial charge in [0.2, 0.25) is 0 Å². The summed E-state index contributed by atoms with van der Waals surface area (Å²) >= 11 is 0. The number of hydrogen-bond acceptors (Lipinski definition) is 4. The number of carbonyl (C=O) groups is 2. The van der Waals surface area contributed by atoms with E-state index in [1.807, 2.05) is 0 Å². The zero-order chi connectivity index (χ0) is 16.8. The third kappa shape index (κ3) is 3.94. The lowest BCUT2D eigenvalue weighted by molar-refractivity contribution is -0.141. The molecular weight excluding hydrogens is 298 g/mol. The third-order valence-corrected chi connectivity index (χ3v) is 3.96. The van der Waals surface area contributed by atoms with Crippen LogP contribution in [0.3, 0.4) is 0 Å². The summed E-state index contributed by atoms with van der Waals surface area (Å²) in [5.74, 6) is -0.164. The molecule has 1 amide bonds. The van der Waals surface area contributed by atoms with Crippen LogP contribution in [0.1, 0.15) is 43.0 Å². The van der Waals surface area contributed by atoms with Gasteiger partial charge < -0.3 is 19.5 Å². The summed E-state index contributed by atoms with van der Waals surface area (Å²) in [6, 6.07) is 4.23. The number of hydrogen-bond donors (Lipinski definition) is 1. The number of benzene rings is 1. The predicted octanol–water partition coefficient (Wildman–Crippen LogP) is 2.56. The van der Waals surface area contributed by atoms with Crippen LogP contribution in [-0.2, 0) is 4.79 Å². The molecule has 1 aliphatic heterocycles. The second-order valence-corrected chi connectivity index (χ2v) is 5.56. The van der Waals surface area contributed by atoms with Gasteiger partial charge in [0, 0.05) is 12.1 Å². The van der Waals surface area contributed by atoms with Gasteiger partial charge in [0.05, 0.1) is 13.7 Å². The molecule has 23 heavy (non-hydrogen) atoms. The number of nitrogens with zero attached hydrogens (tertiary/aromatic N) is 1. The highest BCUT2D eigenvalue weighted by atomic mass is 16.5. The predicted molar refractivity (Wildman–Crippen MR) is 85.1 cm³/mol. The molecule has 1 aromatic rings. The number of rotatable bonds is 7. The first-order valence-electron chi connectivity index (χ1n) is 7.93. The summed E-state index contributed by atoms with van der Waals surface area (Å²) in [5.41, 5.74) is 0.415. The maximum absolute atomic E-state index is 12.6. The molecule has 1 aliphatic rings. The zero-order valence-corrected chi connectivity index (χ0v) is 13.6. The van der Waals surface area contributed by atoms with Crippen LogP contribution in [0.5, 0.6) is 11.5 Å². The van der Waals surface area contributed by atoms with Gasteiger partial charge in [0.15, 0.2) is 11.5 Å². The largest absolute Gasteiger partial charge is 0.493 e. The monoisotopic (exact) mass is 321 g/mol. The van der Waals surface area contributed by atoms with Gasteiger partial charge in [0.25, 0.3) is 5.91 Å². The molecule has 2 rings (SSSR count). The molecular formula is C17H23NO5. The van der Waals surface area contributed by atoms with Crippen LogP contribution in [0.25, 0.3) is 0 Å². The summed E-state index contributed by atoms with van der Waals surface area (Å²) < 4.78 is 10.9. The van der Waals surface area contributed by atoms with Crippen molar-refractivity contribution in [3.8, 4) is 11.5 Å². The molecule has 6 nitrogen and oxygen atoms in total. The molecule has 126 valence electrons. The van der Waals surface area contributed by atoms with E-state index in [4.69, 9.17) is 9.47 Å². The third-order valence-electron chi connectivity index (χ3n) is 3.96.